The van der Waals surface area contributed by atoms with Crippen molar-refractivity contribution < 1.29 is 19.4 Å². The topological polar surface area (TPSA) is 110 Å². The van der Waals surface area contributed by atoms with Crippen LogP contribution in [0.25, 0.3) is 11.4 Å². The van der Waals surface area contributed by atoms with E-state index >= 15 is 0 Å². The maximum Gasteiger partial charge on any atom is 0.301 e. The van der Waals surface area contributed by atoms with Crippen LogP contribution < -0.4 is 9.64 Å². The summed E-state index contributed by atoms with van der Waals surface area (Å²) in [6, 6.07) is 20.1. The lowest BCUT2D eigenvalue weighted by Gasteiger charge is -2.22. The normalized spacial score (nSPS) is 16.3. The molecule has 2 aromatic carbocycles. The molecule has 1 amide bonds. The fourth-order valence-corrected chi connectivity index (χ4v) is 6.89. The predicted molar refractivity (Wildman–Crippen MR) is 168 cm³/mol. The van der Waals surface area contributed by atoms with Gasteiger partial charge in [0, 0.05) is 11.9 Å². The van der Waals surface area contributed by atoms with Gasteiger partial charge in [-0.25, -0.2) is 4.98 Å². The second-order valence-corrected chi connectivity index (χ2v) is 12.3. The molecule has 1 saturated heterocycles. The van der Waals surface area contributed by atoms with Gasteiger partial charge in [0.25, 0.3) is 5.78 Å². The van der Waals surface area contributed by atoms with Gasteiger partial charge in [-0.1, -0.05) is 78.6 Å². The molecule has 1 N–H and O–H groups in total. The number of hydrogen-bond donors (Lipinski definition) is 1. The number of amides is 1. The Morgan fingerprint density at radius 3 is 2.51 bits per heavy atom. The SMILES string of the molecule is CCCOc1ccc(C2/C(=C(\O)c3nc4c(C)cccn4c3C)C(=O)C(=O)N2c2nnc(SCc3ccccc3)s2)cc1. The molecule has 1 atom stereocenters. The summed E-state index contributed by atoms with van der Waals surface area (Å²) in [7, 11) is 0. The highest BCUT2D eigenvalue weighted by Crippen LogP contribution is 2.44. The van der Waals surface area contributed by atoms with Gasteiger partial charge in [0.05, 0.1) is 23.9 Å². The Hall–Kier alpha value is -4.48. The van der Waals surface area contributed by atoms with Crippen molar-refractivity contribution in [3.05, 3.63) is 107 Å². The van der Waals surface area contributed by atoms with Gasteiger partial charge in [0.2, 0.25) is 5.13 Å². The molecule has 1 aliphatic rings. The van der Waals surface area contributed by atoms with E-state index in [1.165, 1.54) is 28.0 Å². The van der Waals surface area contributed by atoms with E-state index in [1.54, 1.807) is 24.3 Å². The van der Waals surface area contributed by atoms with Crippen molar-refractivity contribution in [2.75, 3.05) is 11.5 Å². The fourth-order valence-electron chi connectivity index (χ4n) is 5.06. The summed E-state index contributed by atoms with van der Waals surface area (Å²) in [6.45, 7) is 6.34. The Morgan fingerprint density at radius 2 is 1.79 bits per heavy atom. The zero-order chi connectivity index (χ0) is 30.1. The molecule has 3 aromatic heterocycles. The molecule has 218 valence electrons. The summed E-state index contributed by atoms with van der Waals surface area (Å²) >= 11 is 2.73. The number of nitrogens with zero attached hydrogens (tertiary/aromatic N) is 5. The molecule has 43 heavy (non-hydrogen) atoms. The minimum Gasteiger partial charge on any atom is -0.505 e. The van der Waals surface area contributed by atoms with Crippen molar-refractivity contribution in [1.29, 1.82) is 0 Å². The number of rotatable bonds is 9. The van der Waals surface area contributed by atoms with E-state index in [1.807, 2.05) is 73.8 Å². The van der Waals surface area contributed by atoms with Crippen molar-refractivity contribution >= 4 is 51.3 Å². The first-order valence-electron chi connectivity index (χ1n) is 13.9. The number of benzene rings is 2. The van der Waals surface area contributed by atoms with Crippen LogP contribution in [0.4, 0.5) is 5.13 Å². The number of carbonyl (C=O) groups excluding carboxylic acids is 2. The lowest BCUT2D eigenvalue weighted by atomic mass is 9.96. The first kappa shape index (κ1) is 28.6. The average molecular weight is 612 g/mol. The monoisotopic (exact) mass is 611 g/mol. The Morgan fingerprint density at radius 1 is 1.02 bits per heavy atom. The number of anilines is 1. The summed E-state index contributed by atoms with van der Waals surface area (Å²) < 4.78 is 8.27. The molecule has 0 radical (unpaired) electrons. The van der Waals surface area contributed by atoms with Crippen molar-refractivity contribution in [3.8, 4) is 5.75 Å². The summed E-state index contributed by atoms with van der Waals surface area (Å²) in [4.78, 5) is 33.3. The van der Waals surface area contributed by atoms with Gasteiger partial charge in [0.15, 0.2) is 10.1 Å². The third-order valence-electron chi connectivity index (χ3n) is 7.23. The first-order chi connectivity index (χ1) is 20.9. The number of imidazole rings is 1. The number of pyridine rings is 1. The third-order valence-corrected chi connectivity index (χ3v) is 9.36. The van der Waals surface area contributed by atoms with Crippen LogP contribution in [0, 0.1) is 13.8 Å². The van der Waals surface area contributed by atoms with Crippen LogP contribution in [0.15, 0.2) is 82.8 Å². The number of aromatic nitrogens is 4. The Labute approximate surface area is 256 Å². The molecule has 0 bridgehead atoms. The second kappa shape index (κ2) is 12.0. The van der Waals surface area contributed by atoms with Crippen LogP contribution in [-0.4, -0.2) is 43.0 Å². The summed E-state index contributed by atoms with van der Waals surface area (Å²) in [5, 5.41) is 20.6. The van der Waals surface area contributed by atoms with E-state index in [0.29, 0.717) is 39.4 Å². The second-order valence-electron chi connectivity index (χ2n) is 10.1. The standard InChI is InChI=1S/C32H29N5O4S2/c1-4-17-41-23-14-12-22(13-15-23)26-24(27(38)25-20(3)36-16-8-9-19(2)29(36)33-25)28(39)30(40)37(26)31-34-35-32(43-31)42-18-21-10-6-5-7-11-21/h5-16,26,38H,4,17-18H2,1-3H3/b27-24+. The highest BCUT2D eigenvalue weighted by Gasteiger charge is 2.49. The minimum atomic E-state index is -0.939. The van der Waals surface area contributed by atoms with Crippen molar-refractivity contribution in [2.24, 2.45) is 0 Å². The van der Waals surface area contributed by atoms with E-state index in [4.69, 9.17) is 4.74 Å². The number of thioether (sulfide) groups is 1. The molecule has 5 aromatic rings. The number of fused-ring (bicyclic) bond motifs is 1. The van der Waals surface area contributed by atoms with Gasteiger partial charge < -0.3 is 14.2 Å². The number of aliphatic hydroxyl groups is 1. The smallest absolute Gasteiger partial charge is 0.301 e. The highest BCUT2D eigenvalue weighted by molar-refractivity contribution is 8.00. The van der Waals surface area contributed by atoms with Gasteiger partial charge in [-0.2, -0.15) is 0 Å². The van der Waals surface area contributed by atoms with Gasteiger partial charge in [-0.15, -0.1) is 10.2 Å². The molecule has 0 aliphatic carbocycles. The van der Waals surface area contributed by atoms with E-state index in [0.717, 1.165) is 17.5 Å². The van der Waals surface area contributed by atoms with Crippen LogP contribution in [0.2, 0.25) is 0 Å². The van der Waals surface area contributed by atoms with Crippen LogP contribution in [0.5, 0.6) is 5.75 Å². The van der Waals surface area contributed by atoms with E-state index < -0.39 is 17.7 Å². The molecular weight excluding hydrogens is 583 g/mol. The van der Waals surface area contributed by atoms with Crippen molar-refractivity contribution in [2.45, 2.75) is 43.3 Å². The van der Waals surface area contributed by atoms with Gasteiger partial charge in [-0.3, -0.25) is 14.5 Å². The number of aryl methyl sites for hydroxylation is 2. The molecule has 1 fully saturated rings. The van der Waals surface area contributed by atoms with E-state index in [-0.39, 0.29) is 22.2 Å². The lowest BCUT2D eigenvalue weighted by molar-refractivity contribution is -0.132. The Kier molecular flexibility index (Phi) is 8.00. The lowest BCUT2D eigenvalue weighted by Crippen LogP contribution is -2.29. The van der Waals surface area contributed by atoms with E-state index in [9.17, 15) is 14.7 Å². The average Bonchev–Trinajstić information content (AvgIpc) is 3.70. The largest absolute Gasteiger partial charge is 0.505 e. The number of aliphatic hydroxyl groups excluding tert-OH is 1. The molecule has 1 unspecified atom stereocenters. The maximum atomic E-state index is 13.7. The van der Waals surface area contributed by atoms with Crippen molar-refractivity contribution in [1.82, 2.24) is 19.6 Å². The molecule has 0 spiro atoms. The van der Waals surface area contributed by atoms with Crippen LogP contribution in [0.3, 0.4) is 0 Å². The van der Waals surface area contributed by atoms with E-state index in [2.05, 4.69) is 15.2 Å². The third kappa shape index (κ3) is 5.41. The molecule has 9 nitrogen and oxygen atoms in total. The summed E-state index contributed by atoms with van der Waals surface area (Å²) in [5.41, 5.74) is 4.18. The molecule has 11 heteroatoms. The quantitative estimate of drug-likeness (QED) is 0.0661. The number of ether oxygens (including phenoxy) is 1. The van der Waals surface area contributed by atoms with Crippen LogP contribution in [0.1, 0.15) is 47.5 Å². The Bertz CT molecular complexity index is 1850. The number of hydrogen-bond acceptors (Lipinski definition) is 9. The molecule has 6 rings (SSSR count). The Balaban J connectivity index is 1.43. The molecule has 4 heterocycles. The van der Waals surface area contributed by atoms with Gasteiger partial charge in [-0.05, 0) is 55.2 Å². The molecule has 1 aliphatic heterocycles. The van der Waals surface area contributed by atoms with Crippen molar-refractivity contribution in [3.63, 3.8) is 0 Å². The highest BCUT2D eigenvalue weighted by atomic mass is 32.2. The van der Waals surface area contributed by atoms with Gasteiger partial charge in [0.1, 0.15) is 17.1 Å². The number of Topliss-reactive ketones (excluding diaryl/α,β-unsaturated/α-hetero) is 1. The van der Waals surface area contributed by atoms with Crippen LogP contribution in [-0.2, 0) is 15.3 Å². The molecule has 0 saturated carbocycles. The fraction of sp³-hybridized carbons (Fsp3) is 0.219. The zero-order valence-corrected chi connectivity index (χ0v) is 25.5. The maximum absolute atomic E-state index is 13.7. The number of ketones is 1. The predicted octanol–water partition coefficient (Wildman–Crippen LogP) is 6.51. The summed E-state index contributed by atoms with van der Waals surface area (Å²) in [6.07, 6.45) is 2.71. The molecular formula is C32H29N5O4S2. The minimum absolute atomic E-state index is 0.0509. The summed E-state index contributed by atoms with van der Waals surface area (Å²) in [5.74, 6) is -0.573. The van der Waals surface area contributed by atoms with Crippen LogP contribution >= 0.6 is 23.1 Å². The number of carbonyl (C=O) groups is 2. The zero-order valence-electron chi connectivity index (χ0n) is 23.9. The van der Waals surface area contributed by atoms with Gasteiger partial charge >= 0.3 is 5.91 Å². The first-order valence-corrected chi connectivity index (χ1v) is 15.7.